The van der Waals surface area contributed by atoms with E-state index in [9.17, 15) is 4.79 Å². The molecule has 1 aromatic rings. The fraction of sp³-hybridized carbons (Fsp3) is 0.462. The Balaban J connectivity index is 2.04. The lowest BCUT2D eigenvalue weighted by molar-refractivity contribution is -0.126. The van der Waals surface area contributed by atoms with Gasteiger partial charge in [-0.2, -0.15) is 0 Å². The van der Waals surface area contributed by atoms with Crippen LogP contribution >= 0.6 is 0 Å². The number of hydrogen-bond donors (Lipinski definition) is 1. The number of rotatable bonds is 2. The molecule has 0 unspecified atom stereocenters. The molecule has 1 amide bonds. The minimum absolute atomic E-state index is 0.181. The number of aryl methyl sites for hydroxylation is 1. The van der Waals surface area contributed by atoms with E-state index >= 15 is 0 Å². The van der Waals surface area contributed by atoms with E-state index in [0.29, 0.717) is 0 Å². The van der Waals surface area contributed by atoms with E-state index in [1.807, 2.05) is 0 Å². The molecule has 1 aliphatic heterocycles. The van der Waals surface area contributed by atoms with Gasteiger partial charge in [0.2, 0.25) is 5.91 Å². The van der Waals surface area contributed by atoms with Crippen molar-refractivity contribution in [1.29, 1.82) is 0 Å². The molecule has 1 aromatic carbocycles. The second-order valence-electron chi connectivity index (χ2n) is 4.32. The Kier molecular flexibility index (Phi) is 3.05. The average molecular weight is 203 g/mol. The predicted molar refractivity (Wildman–Crippen MR) is 60.6 cm³/mol. The number of carbonyl (C=O) groups is 1. The molecule has 0 bridgehead atoms. The van der Waals surface area contributed by atoms with Gasteiger partial charge in [-0.25, -0.2) is 0 Å². The van der Waals surface area contributed by atoms with Crippen molar-refractivity contribution in [3.8, 4) is 0 Å². The first kappa shape index (κ1) is 10.2. The molecule has 2 heteroatoms. The summed E-state index contributed by atoms with van der Waals surface area (Å²) in [7, 11) is 0. The normalized spacial score (nSPS) is 21.1. The zero-order chi connectivity index (χ0) is 10.7. The van der Waals surface area contributed by atoms with E-state index in [2.05, 4.69) is 36.5 Å². The van der Waals surface area contributed by atoms with Crippen LogP contribution < -0.4 is 5.32 Å². The van der Waals surface area contributed by atoms with Gasteiger partial charge in [0.1, 0.15) is 0 Å². The Morgan fingerprint density at radius 3 is 3.07 bits per heavy atom. The summed E-state index contributed by atoms with van der Waals surface area (Å²) in [5.74, 6) is 0.406. The van der Waals surface area contributed by atoms with Gasteiger partial charge in [-0.15, -0.1) is 0 Å². The maximum Gasteiger partial charge on any atom is 0.223 e. The minimum Gasteiger partial charge on any atom is -0.356 e. The Bertz CT molecular complexity index is 359. The molecule has 1 saturated heterocycles. The summed E-state index contributed by atoms with van der Waals surface area (Å²) < 4.78 is 0. The lowest BCUT2D eigenvalue weighted by Gasteiger charge is -2.21. The van der Waals surface area contributed by atoms with Crippen molar-refractivity contribution in [1.82, 2.24) is 5.32 Å². The molecule has 0 radical (unpaired) electrons. The summed E-state index contributed by atoms with van der Waals surface area (Å²) in [6, 6.07) is 8.42. The van der Waals surface area contributed by atoms with E-state index < -0.39 is 0 Å². The fourth-order valence-electron chi connectivity index (χ4n) is 2.15. The molecule has 2 rings (SSSR count). The molecule has 1 N–H and O–H groups in total. The van der Waals surface area contributed by atoms with Crippen LogP contribution in [0.15, 0.2) is 24.3 Å². The van der Waals surface area contributed by atoms with E-state index in [1.165, 1.54) is 11.1 Å². The highest BCUT2D eigenvalue weighted by Crippen LogP contribution is 2.17. The van der Waals surface area contributed by atoms with Crippen molar-refractivity contribution < 1.29 is 4.79 Å². The van der Waals surface area contributed by atoms with Gasteiger partial charge in [0.25, 0.3) is 0 Å². The SMILES string of the molecule is Cc1cccc(C[C@@H]2CCCNC2=O)c1. The van der Waals surface area contributed by atoms with Crippen molar-refractivity contribution in [2.45, 2.75) is 26.2 Å². The summed E-state index contributed by atoms with van der Waals surface area (Å²) in [5, 5.41) is 2.93. The van der Waals surface area contributed by atoms with Crippen molar-refractivity contribution in [2.24, 2.45) is 5.92 Å². The van der Waals surface area contributed by atoms with Gasteiger partial charge < -0.3 is 5.32 Å². The van der Waals surface area contributed by atoms with Crippen molar-refractivity contribution in [2.75, 3.05) is 6.54 Å². The lowest BCUT2D eigenvalue weighted by Crippen LogP contribution is -2.37. The van der Waals surface area contributed by atoms with Crippen molar-refractivity contribution in [3.05, 3.63) is 35.4 Å². The van der Waals surface area contributed by atoms with Gasteiger partial charge in [-0.3, -0.25) is 4.79 Å². The molecule has 80 valence electrons. The Hall–Kier alpha value is -1.31. The zero-order valence-electron chi connectivity index (χ0n) is 9.12. The smallest absolute Gasteiger partial charge is 0.223 e. The number of amides is 1. The van der Waals surface area contributed by atoms with Gasteiger partial charge in [-0.05, 0) is 31.7 Å². The van der Waals surface area contributed by atoms with Crippen LogP contribution in [0.25, 0.3) is 0 Å². The highest BCUT2D eigenvalue weighted by molar-refractivity contribution is 5.79. The third kappa shape index (κ3) is 2.58. The van der Waals surface area contributed by atoms with Crippen LogP contribution in [0, 0.1) is 12.8 Å². The number of nitrogens with one attached hydrogen (secondary N) is 1. The molecule has 1 atom stereocenters. The molecule has 0 aromatic heterocycles. The molecule has 0 saturated carbocycles. The quantitative estimate of drug-likeness (QED) is 0.783. The third-order valence-electron chi connectivity index (χ3n) is 2.96. The maximum absolute atomic E-state index is 11.6. The van der Waals surface area contributed by atoms with E-state index in [0.717, 1.165) is 25.8 Å². The van der Waals surface area contributed by atoms with Gasteiger partial charge in [0.05, 0.1) is 0 Å². The molecule has 1 heterocycles. The molecule has 1 aliphatic rings. The van der Waals surface area contributed by atoms with Gasteiger partial charge >= 0.3 is 0 Å². The highest BCUT2D eigenvalue weighted by atomic mass is 16.1. The molecule has 1 fully saturated rings. The molecule has 0 spiro atoms. The Morgan fingerprint density at radius 2 is 2.33 bits per heavy atom. The minimum atomic E-state index is 0.181. The number of piperidine rings is 1. The topological polar surface area (TPSA) is 29.1 Å². The molecular formula is C13H17NO. The highest BCUT2D eigenvalue weighted by Gasteiger charge is 2.21. The van der Waals surface area contributed by atoms with Gasteiger partial charge in [-0.1, -0.05) is 29.8 Å². The van der Waals surface area contributed by atoms with Crippen LogP contribution in [-0.4, -0.2) is 12.5 Å². The van der Waals surface area contributed by atoms with Crippen LogP contribution in [0.5, 0.6) is 0 Å². The maximum atomic E-state index is 11.6. The summed E-state index contributed by atoms with van der Waals surface area (Å²) in [6.45, 7) is 2.94. The fourth-order valence-corrected chi connectivity index (χ4v) is 2.15. The third-order valence-corrected chi connectivity index (χ3v) is 2.96. The van der Waals surface area contributed by atoms with Crippen LogP contribution in [0.2, 0.25) is 0 Å². The second kappa shape index (κ2) is 4.47. The first-order valence-corrected chi connectivity index (χ1v) is 5.59. The number of carbonyl (C=O) groups excluding carboxylic acids is 1. The lowest BCUT2D eigenvalue weighted by atomic mass is 9.91. The standard InChI is InChI=1S/C13H17NO/c1-10-4-2-5-11(8-10)9-12-6-3-7-14-13(12)15/h2,4-5,8,12H,3,6-7,9H2,1H3,(H,14,15)/t12-/m0/s1. The molecular weight excluding hydrogens is 186 g/mol. The molecule has 2 nitrogen and oxygen atoms in total. The van der Waals surface area contributed by atoms with E-state index in [4.69, 9.17) is 0 Å². The summed E-state index contributed by atoms with van der Waals surface area (Å²) in [5.41, 5.74) is 2.54. The summed E-state index contributed by atoms with van der Waals surface area (Å²) in [6.07, 6.45) is 3.02. The van der Waals surface area contributed by atoms with Crippen LogP contribution in [-0.2, 0) is 11.2 Å². The average Bonchev–Trinajstić information content (AvgIpc) is 2.22. The van der Waals surface area contributed by atoms with Crippen LogP contribution in [0.3, 0.4) is 0 Å². The van der Waals surface area contributed by atoms with Crippen molar-refractivity contribution >= 4 is 5.91 Å². The number of hydrogen-bond acceptors (Lipinski definition) is 1. The first-order chi connectivity index (χ1) is 7.25. The Morgan fingerprint density at radius 1 is 1.47 bits per heavy atom. The monoisotopic (exact) mass is 203 g/mol. The predicted octanol–water partition coefficient (Wildman–Crippen LogP) is 2.06. The van der Waals surface area contributed by atoms with E-state index in [-0.39, 0.29) is 11.8 Å². The zero-order valence-corrected chi connectivity index (χ0v) is 9.12. The molecule has 0 aliphatic carbocycles. The second-order valence-corrected chi connectivity index (χ2v) is 4.32. The molecule has 15 heavy (non-hydrogen) atoms. The number of benzene rings is 1. The van der Waals surface area contributed by atoms with Crippen LogP contribution in [0.4, 0.5) is 0 Å². The van der Waals surface area contributed by atoms with Crippen LogP contribution in [0.1, 0.15) is 24.0 Å². The summed E-state index contributed by atoms with van der Waals surface area (Å²) in [4.78, 5) is 11.6. The van der Waals surface area contributed by atoms with E-state index in [1.54, 1.807) is 0 Å². The Labute approximate surface area is 90.7 Å². The largest absolute Gasteiger partial charge is 0.356 e. The van der Waals surface area contributed by atoms with Gasteiger partial charge in [0.15, 0.2) is 0 Å². The van der Waals surface area contributed by atoms with Crippen molar-refractivity contribution in [3.63, 3.8) is 0 Å². The summed E-state index contributed by atoms with van der Waals surface area (Å²) >= 11 is 0. The first-order valence-electron chi connectivity index (χ1n) is 5.59. The van der Waals surface area contributed by atoms with Gasteiger partial charge in [0, 0.05) is 12.5 Å².